The van der Waals surface area contributed by atoms with Crippen LogP contribution in [-0.2, 0) is 0 Å². The molecule has 0 unspecified atom stereocenters. The van der Waals surface area contributed by atoms with Gasteiger partial charge in [-0.05, 0) is 13.8 Å². The van der Waals surface area contributed by atoms with Gasteiger partial charge in [-0.3, -0.25) is 10.7 Å². The number of nitrogens with zero attached hydrogens (tertiary/aromatic N) is 1. The van der Waals surface area contributed by atoms with Crippen LogP contribution in [0.2, 0.25) is 0 Å². The first kappa shape index (κ1) is 6.92. The molecular formula is C6H11N3O. The molecule has 0 aromatic carbocycles. The molecule has 1 aliphatic heterocycles. The summed E-state index contributed by atoms with van der Waals surface area (Å²) in [5.41, 5.74) is 2.78. The topological polar surface area (TPSA) is 44.4 Å². The third-order valence-electron chi connectivity index (χ3n) is 1.25. The number of amides is 2. The molecule has 4 nitrogen and oxygen atoms in total. The molecule has 1 rings (SSSR count). The minimum Gasteiger partial charge on any atom is -0.292 e. The fourth-order valence-electron chi connectivity index (χ4n) is 0.777. The van der Waals surface area contributed by atoms with Gasteiger partial charge in [-0.25, -0.2) is 9.80 Å². The number of nitrogens with one attached hydrogen (secondary N) is 2. The van der Waals surface area contributed by atoms with E-state index in [1.54, 1.807) is 0 Å². The summed E-state index contributed by atoms with van der Waals surface area (Å²) in [5, 5.41) is 4.02. The van der Waals surface area contributed by atoms with Crippen LogP contribution in [0.1, 0.15) is 13.8 Å². The third-order valence-corrected chi connectivity index (χ3v) is 1.25. The van der Waals surface area contributed by atoms with Crippen molar-refractivity contribution in [2.45, 2.75) is 19.9 Å². The number of hydrogen-bond acceptors (Lipinski definition) is 2. The summed E-state index contributed by atoms with van der Waals surface area (Å²) in [5.74, 6) is 0.540. The molecule has 0 saturated carbocycles. The summed E-state index contributed by atoms with van der Waals surface area (Å²) in [6.07, 6.45) is 0. The van der Waals surface area contributed by atoms with Gasteiger partial charge in [0.1, 0.15) is 5.82 Å². The molecular weight excluding hydrogens is 130 g/mol. The summed E-state index contributed by atoms with van der Waals surface area (Å²) >= 11 is 0. The minimum atomic E-state index is -0.139. The summed E-state index contributed by atoms with van der Waals surface area (Å²) in [6.45, 7) is 7.40. The molecule has 0 aromatic rings. The largest absolute Gasteiger partial charge is 0.341 e. The van der Waals surface area contributed by atoms with Crippen LogP contribution in [0.25, 0.3) is 0 Å². The van der Waals surface area contributed by atoms with Crippen molar-refractivity contribution in [3.63, 3.8) is 0 Å². The second kappa shape index (κ2) is 2.21. The van der Waals surface area contributed by atoms with Crippen molar-refractivity contribution in [3.8, 4) is 0 Å². The zero-order chi connectivity index (χ0) is 7.72. The van der Waals surface area contributed by atoms with Crippen molar-refractivity contribution < 1.29 is 4.79 Å². The number of urea groups is 1. The van der Waals surface area contributed by atoms with Crippen LogP contribution >= 0.6 is 0 Å². The normalized spacial score (nSPS) is 17.7. The van der Waals surface area contributed by atoms with Crippen molar-refractivity contribution in [2.75, 3.05) is 0 Å². The van der Waals surface area contributed by atoms with Crippen LogP contribution in [0.15, 0.2) is 12.4 Å². The van der Waals surface area contributed by atoms with E-state index in [-0.39, 0.29) is 12.1 Å². The van der Waals surface area contributed by atoms with Gasteiger partial charge in [0, 0.05) is 6.04 Å². The minimum absolute atomic E-state index is 0.139. The Bertz CT molecular complexity index is 176. The fraction of sp³-hybridized carbons (Fsp3) is 0.500. The lowest BCUT2D eigenvalue weighted by molar-refractivity contribution is 0.185. The van der Waals surface area contributed by atoms with Crippen molar-refractivity contribution in [3.05, 3.63) is 12.4 Å². The molecule has 0 atom stereocenters. The van der Waals surface area contributed by atoms with Gasteiger partial charge in [-0.1, -0.05) is 6.58 Å². The van der Waals surface area contributed by atoms with Crippen LogP contribution in [0, 0.1) is 0 Å². The molecule has 4 heteroatoms. The molecule has 1 aliphatic rings. The maximum atomic E-state index is 10.9. The average Bonchev–Trinajstić information content (AvgIpc) is 2.10. The fourth-order valence-corrected chi connectivity index (χ4v) is 0.777. The maximum Gasteiger partial charge on any atom is 0.341 e. The monoisotopic (exact) mass is 141 g/mol. The van der Waals surface area contributed by atoms with E-state index in [1.165, 1.54) is 5.01 Å². The predicted octanol–water partition coefficient (Wildman–Crippen LogP) is 0.396. The zero-order valence-corrected chi connectivity index (χ0v) is 6.14. The Morgan fingerprint density at radius 3 is 2.40 bits per heavy atom. The molecule has 1 fully saturated rings. The quantitative estimate of drug-likeness (QED) is 0.555. The summed E-state index contributed by atoms with van der Waals surface area (Å²) in [7, 11) is 0. The van der Waals surface area contributed by atoms with Gasteiger partial charge in [0.05, 0.1) is 0 Å². The second-order valence-electron chi connectivity index (χ2n) is 2.48. The van der Waals surface area contributed by atoms with Crippen molar-refractivity contribution >= 4 is 6.03 Å². The van der Waals surface area contributed by atoms with Gasteiger partial charge in [0.2, 0.25) is 0 Å². The molecule has 1 saturated heterocycles. The van der Waals surface area contributed by atoms with E-state index in [4.69, 9.17) is 0 Å². The van der Waals surface area contributed by atoms with E-state index in [0.717, 1.165) is 0 Å². The number of hydrazine groups is 1. The summed E-state index contributed by atoms with van der Waals surface area (Å²) in [4.78, 5) is 10.9. The molecule has 0 spiro atoms. The van der Waals surface area contributed by atoms with E-state index in [1.807, 2.05) is 13.8 Å². The van der Waals surface area contributed by atoms with Gasteiger partial charge < -0.3 is 0 Å². The lowest BCUT2D eigenvalue weighted by Crippen LogP contribution is -2.39. The van der Waals surface area contributed by atoms with E-state index in [2.05, 4.69) is 17.3 Å². The number of rotatable bonds is 1. The van der Waals surface area contributed by atoms with E-state index in [0.29, 0.717) is 5.82 Å². The Morgan fingerprint density at radius 2 is 2.20 bits per heavy atom. The molecule has 0 aliphatic carbocycles. The van der Waals surface area contributed by atoms with Crippen LogP contribution < -0.4 is 10.7 Å². The highest BCUT2D eigenvalue weighted by Crippen LogP contribution is 2.02. The standard InChI is InChI=1S/C6H11N3O/c1-4(2)9-6(10)7-5(3)8-9/h4,8H,3H2,1-2H3,(H,7,10). The highest BCUT2D eigenvalue weighted by molar-refractivity contribution is 5.78. The summed E-state index contributed by atoms with van der Waals surface area (Å²) in [6, 6.07) is 0.0132. The highest BCUT2D eigenvalue weighted by Gasteiger charge is 2.23. The molecule has 10 heavy (non-hydrogen) atoms. The second-order valence-corrected chi connectivity index (χ2v) is 2.48. The van der Waals surface area contributed by atoms with Crippen molar-refractivity contribution in [1.82, 2.24) is 15.8 Å². The van der Waals surface area contributed by atoms with Gasteiger partial charge in [-0.2, -0.15) is 0 Å². The zero-order valence-electron chi connectivity index (χ0n) is 6.14. The Morgan fingerprint density at radius 1 is 1.60 bits per heavy atom. The van der Waals surface area contributed by atoms with E-state index in [9.17, 15) is 4.79 Å². The molecule has 0 aromatic heterocycles. The Kier molecular flexibility index (Phi) is 1.53. The molecule has 0 bridgehead atoms. The number of carbonyl (C=O) groups excluding carboxylic acids is 1. The Labute approximate surface area is 59.9 Å². The maximum absolute atomic E-state index is 10.9. The van der Waals surface area contributed by atoms with Gasteiger partial charge in [0.25, 0.3) is 0 Å². The predicted molar refractivity (Wildman–Crippen MR) is 37.8 cm³/mol. The van der Waals surface area contributed by atoms with Crippen molar-refractivity contribution in [2.24, 2.45) is 0 Å². The molecule has 56 valence electrons. The molecule has 2 N–H and O–H groups in total. The lowest BCUT2D eigenvalue weighted by atomic mass is 10.4. The lowest BCUT2D eigenvalue weighted by Gasteiger charge is -2.17. The van der Waals surface area contributed by atoms with Gasteiger partial charge in [-0.15, -0.1) is 0 Å². The first-order valence-corrected chi connectivity index (χ1v) is 3.17. The molecule has 0 radical (unpaired) electrons. The van der Waals surface area contributed by atoms with Gasteiger partial charge in [0.15, 0.2) is 0 Å². The van der Waals surface area contributed by atoms with Crippen LogP contribution in [0.3, 0.4) is 0 Å². The van der Waals surface area contributed by atoms with Crippen LogP contribution in [-0.4, -0.2) is 17.1 Å². The first-order valence-electron chi connectivity index (χ1n) is 3.17. The number of carbonyl (C=O) groups is 1. The van der Waals surface area contributed by atoms with Crippen LogP contribution in [0.4, 0.5) is 4.79 Å². The smallest absolute Gasteiger partial charge is 0.292 e. The molecule has 1 heterocycles. The third kappa shape index (κ3) is 1.05. The Balaban J connectivity index is 2.63. The first-order chi connectivity index (χ1) is 4.61. The summed E-state index contributed by atoms with van der Waals surface area (Å²) < 4.78 is 0. The average molecular weight is 141 g/mol. The van der Waals surface area contributed by atoms with Gasteiger partial charge >= 0.3 is 6.03 Å². The van der Waals surface area contributed by atoms with Crippen LogP contribution in [0.5, 0.6) is 0 Å². The SMILES string of the molecule is C=C1NC(=O)N(C(C)C)N1. The number of hydrogen-bond donors (Lipinski definition) is 2. The van der Waals surface area contributed by atoms with E-state index >= 15 is 0 Å². The highest BCUT2D eigenvalue weighted by atomic mass is 16.2. The van der Waals surface area contributed by atoms with Crippen molar-refractivity contribution in [1.29, 1.82) is 0 Å². The van der Waals surface area contributed by atoms with E-state index < -0.39 is 0 Å². The Hall–Kier alpha value is -1.19. The molecule has 2 amide bonds.